The normalized spacial score (nSPS) is 26.1. The number of carbonyl (C=O) groups excluding carboxylic acids is 3. The van der Waals surface area contributed by atoms with Gasteiger partial charge in [-0.05, 0) is 48.9 Å². The fourth-order valence-electron chi connectivity index (χ4n) is 5.22. The molecule has 4 rings (SSSR count). The van der Waals surface area contributed by atoms with E-state index >= 15 is 0 Å². The van der Waals surface area contributed by atoms with Crippen LogP contribution in [0.2, 0.25) is 0 Å². The van der Waals surface area contributed by atoms with E-state index in [4.69, 9.17) is 14.5 Å². The average molecular weight is 495 g/mol. The van der Waals surface area contributed by atoms with Gasteiger partial charge in [0.05, 0.1) is 26.7 Å². The largest absolute Gasteiger partial charge is 0.469 e. The number of hydrogen-bond acceptors (Lipinski definition) is 6. The fraction of sp³-hybridized carbons (Fsp3) is 0.464. The molecule has 36 heavy (non-hydrogen) atoms. The van der Waals surface area contributed by atoms with Gasteiger partial charge >= 0.3 is 5.97 Å². The SMILES string of the molecule is COOCC1C(NC(=O)c2ccccc2)[C@H]1CCCC[C@@H]1C(NC(=O)c2ccccc2)C1C(=O)OC. The molecule has 0 aliphatic heterocycles. The van der Waals surface area contributed by atoms with Crippen LogP contribution in [0.5, 0.6) is 0 Å². The van der Waals surface area contributed by atoms with Crippen LogP contribution in [0.15, 0.2) is 60.7 Å². The molecule has 4 unspecified atom stereocenters. The number of amides is 2. The van der Waals surface area contributed by atoms with E-state index in [-0.39, 0.29) is 47.6 Å². The molecule has 2 aliphatic carbocycles. The Kier molecular flexibility index (Phi) is 8.72. The third-order valence-corrected chi connectivity index (χ3v) is 7.34. The maximum Gasteiger partial charge on any atom is 0.311 e. The van der Waals surface area contributed by atoms with Crippen LogP contribution in [-0.4, -0.2) is 50.7 Å². The molecule has 8 heteroatoms. The molecule has 8 nitrogen and oxygen atoms in total. The first kappa shape index (κ1) is 25.9. The molecule has 2 N–H and O–H groups in total. The number of nitrogens with one attached hydrogen (secondary N) is 2. The van der Waals surface area contributed by atoms with Gasteiger partial charge in [0.25, 0.3) is 11.8 Å². The number of esters is 1. The van der Waals surface area contributed by atoms with Crippen molar-refractivity contribution in [3.8, 4) is 0 Å². The summed E-state index contributed by atoms with van der Waals surface area (Å²) in [5, 5.41) is 6.14. The number of hydrogen-bond donors (Lipinski definition) is 2. The molecule has 0 aromatic heterocycles. The first-order valence-corrected chi connectivity index (χ1v) is 12.5. The van der Waals surface area contributed by atoms with Crippen LogP contribution in [0.3, 0.4) is 0 Å². The van der Waals surface area contributed by atoms with Crippen LogP contribution in [-0.2, 0) is 19.3 Å². The molecule has 0 radical (unpaired) electrons. The Morgan fingerprint density at radius 2 is 1.25 bits per heavy atom. The highest BCUT2D eigenvalue weighted by atomic mass is 17.2. The number of unbranched alkanes of at least 4 members (excludes halogenated alkanes) is 1. The molecule has 0 spiro atoms. The van der Waals surface area contributed by atoms with Crippen molar-refractivity contribution >= 4 is 17.8 Å². The van der Waals surface area contributed by atoms with E-state index in [9.17, 15) is 14.4 Å². The lowest BCUT2D eigenvalue weighted by atomic mass is 10.1. The summed E-state index contributed by atoms with van der Waals surface area (Å²) in [4.78, 5) is 47.3. The molecule has 2 aliphatic rings. The van der Waals surface area contributed by atoms with E-state index < -0.39 is 0 Å². The van der Waals surface area contributed by atoms with Crippen molar-refractivity contribution in [2.45, 2.75) is 37.8 Å². The number of ether oxygens (including phenoxy) is 1. The summed E-state index contributed by atoms with van der Waals surface area (Å²) >= 11 is 0. The maximum absolute atomic E-state index is 12.6. The van der Waals surface area contributed by atoms with Crippen LogP contribution in [0, 0.1) is 23.7 Å². The minimum Gasteiger partial charge on any atom is -0.469 e. The van der Waals surface area contributed by atoms with Crippen LogP contribution in [0.4, 0.5) is 0 Å². The van der Waals surface area contributed by atoms with Crippen LogP contribution in [0.1, 0.15) is 46.4 Å². The molecular formula is C28H34N2O6. The average Bonchev–Trinajstić information content (AvgIpc) is 3.80. The topological polar surface area (TPSA) is 103 Å². The van der Waals surface area contributed by atoms with E-state index in [0.717, 1.165) is 25.7 Å². The molecular weight excluding hydrogens is 460 g/mol. The van der Waals surface area contributed by atoms with Gasteiger partial charge in [0.15, 0.2) is 0 Å². The summed E-state index contributed by atoms with van der Waals surface area (Å²) in [5.41, 5.74) is 1.22. The predicted molar refractivity (Wildman–Crippen MR) is 133 cm³/mol. The maximum atomic E-state index is 12.6. The minimum atomic E-state index is -0.302. The van der Waals surface area contributed by atoms with Gasteiger partial charge in [-0.25, -0.2) is 9.78 Å². The summed E-state index contributed by atoms with van der Waals surface area (Å²) in [6.07, 6.45) is 3.64. The van der Waals surface area contributed by atoms with Gasteiger partial charge in [0.2, 0.25) is 0 Å². The Balaban J connectivity index is 1.24. The lowest BCUT2D eigenvalue weighted by Gasteiger charge is -2.06. The van der Waals surface area contributed by atoms with Crippen LogP contribution in [0.25, 0.3) is 0 Å². The quantitative estimate of drug-likeness (QED) is 0.192. The first-order valence-electron chi connectivity index (χ1n) is 12.5. The van der Waals surface area contributed by atoms with Crippen molar-refractivity contribution in [2.24, 2.45) is 23.7 Å². The van der Waals surface area contributed by atoms with Crippen LogP contribution >= 0.6 is 0 Å². The molecule has 192 valence electrons. The highest BCUT2D eigenvalue weighted by molar-refractivity contribution is 5.95. The zero-order valence-corrected chi connectivity index (χ0v) is 20.7. The van der Waals surface area contributed by atoms with Gasteiger partial charge in [0.1, 0.15) is 0 Å². The number of rotatable bonds is 13. The summed E-state index contributed by atoms with van der Waals surface area (Å²) in [6.45, 7) is 0.432. The molecule has 2 aromatic rings. The molecule has 2 saturated carbocycles. The first-order chi connectivity index (χ1) is 17.5. The Bertz CT molecular complexity index is 1030. The molecule has 0 saturated heterocycles. The third-order valence-electron chi connectivity index (χ3n) is 7.34. The monoisotopic (exact) mass is 494 g/mol. The van der Waals surface area contributed by atoms with Gasteiger partial charge in [-0.2, -0.15) is 0 Å². The summed E-state index contributed by atoms with van der Waals surface area (Å²) in [6, 6.07) is 18.0. The fourth-order valence-corrected chi connectivity index (χ4v) is 5.22. The molecule has 6 atom stereocenters. The van der Waals surface area contributed by atoms with Gasteiger partial charge in [-0.3, -0.25) is 14.4 Å². The molecule has 0 bridgehead atoms. The zero-order valence-electron chi connectivity index (χ0n) is 20.7. The van der Waals surface area contributed by atoms with Crippen molar-refractivity contribution < 1.29 is 28.9 Å². The molecule has 0 heterocycles. The Morgan fingerprint density at radius 3 is 1.78 bits per heavy atom. The molecule has 2 amide bonds. The highest BCUT2D eigenvalue weighted by Crippen LogP contribution is 2.46. The number of methoxy groups -OCH3 is 1. The minimum absolute atomic E-state index is 0.0505. The van der Waals surface area contributed by atoms with Crippen molar-refractivity contribution in [1.82, 2.24) is 10.6 Å². The van der Waals surface area contributed by atoms with Crippen molar-refractivity contribution in [3.63, 3.8) is 0 Å². The Hall–Kier alpha value is -3.23. The second kappa shape index (κ2) is 12.1. The highest BCUT2D eigenvalue weighted by Gasteiger charge is 2.56. The standard InChI is InChI=1S/C28H34N2O6/c1-34-28(33)23-21(25(23)30-27(32)19-13-7-4-8-14-19)16-10-9-15-20-22(17-36-35-2)24(20)29-26(31)18-11-5-3-6-12-18/h3-8,11-14,20-25H,9-10,15-17H2,1-2H3,(H,29,31)(H,30,32)/t20-,21-,22?,23?,24?,25?/m0/s1. The molecule has 2 fully saturated rings. The second-order valence-electron chi connectivity index (χ2n) is 9.51. The third kappa shape index (κ3) is 6.30. The number of carbonyl (C=O) groups is 3. The lowest BCUT2D eigenvalue weighted by molar-refractivity contribution is -0.275. The number of benzene rings is 2. The Morgan fingerprint density at radius 1 is 0.722 bits per heavy atom. The van der Waals surface area contributed by atoms with Crippen molar-refractivity contribution in [2.75, 3.05) is 20.8 Å². The zero-order chi connectivity index (χ0) is 25.5. The Labute approximate surface area is 211 Å². The van der Waals surface area contributed by atoms with E-state index in [1.54, 1.807) is 24.3 Å². The van der Waals surface area contributed by atoms with Gasteiger partial charge in [-0.15, -0.1) is 0 Å². The van der Waals surface area contributed by atoms with Gasteiger partial charge < -0.3 is 15.4 Å². The smallest absolute Gasteiger partial charge is 0.311 e. The molecule has 2 aromatic carbocycles. The summed E-state index contributed by atoms with van der Waals surface area (Å²) in [7, 11) is 2.86. The summed E-state index contributed by atoms with van der Waals surface area (Å²) in [5.74, 6) is -0.235. The van der Waals surface area contributed by atoms with E-state index in [2.05, 4.69) is 10.6 Å². The second-order valence-corrected chi connectivity index (χ2v) is 9.51. The van der Waals surface area contributed by atoms with Crippen molar-refractivity contribution in [1.29, 1.82) is 0 Å². The van der Waals surface area contributed by atoms with Crippen molar-refractivity contribution in [3.05, 3.63) is 71.8 Å². The van der Waals surface area contributed by atoms with Gasteiger partial charge in [0, 0.05) is 29.1 Å². The van der Waals surface area contributed by atoms with E-state index in [1.807, 2.05) is 36.4 Å². The van der Waals surface area contributed by atoms with Gasteiger partial charge in [-0.1, -0.05) is 49.2 Å². The summed E-state index contributed by atoms with van der Waals surface area (Å²) < 4.78 is 4.96. The predicted octanol–water partition coefficient (Wildman–Crippen LogP) is 3.39. The van der Waals surface area contributed by atoms with Crippen LogP contribution < -0.4 is 10.6 Å². The van der Waals surface area contributed by atoms with E-state index in [1.165, 1.54) is 14.2 Å². The lowest BCUT2D eigenvalue weighted by Crippen LogP contribution is -2.28. The van der Waals surface area contributed by atoms with E-state index in [0.29, 0.717) is 23.7 Å².